The number of rotatable bonds is 7. The van der Waals surface area contributed by atoms with Crippen LogP contribution in [0.1, 0.15) is 24.0 Å². The molecule has 0 radical (unpaired) electrons. The first kappa shape index (κ1) is 22.5. The molecular weight excluding hydrogens is 414 g/mol. The van der Waals surface area contributed by atoms with Gasteiger partial charge in [-0.05, 0) is 59.7 Å². The Morgan fingerprint density at radius 3 is 2.36 bits per heavy atom. The van der Waals surface area contributed by atoms with Crippen LogP contribution in [-0.4, -0.2) is 41.9 Å². The van der Waals surface area contributed by atoms with Gasteiger partial charge >= 0.3 is 0 Å². The zero-order chi connectivity index (χ0) is 23.3. The zero-order valence-corrected chi connectivity index (χ0v) is 18.9. The van der Waals surface area contributed by atoms with Gasteiger partial charge in [0.15, 0.2) is 0 Å². The predicted octanol–water partition coefficient (Wildman–Crippen LogP) is 3.64. The van der Waals surface area contributed by atoms with E-state index in [1.54, 1.807) is 13.3 Å². The summed E-state index contributed by atoms with van der Waals surface area (Å²) >= 11 is 0. The molecule has 0 bridgehead atoms. The van der Waals surface area contributed by atoms with Crippen molar-refractivity contribution in [3.63, 3.8) is 0 Å². The Morgan fingerprint density at radius 2 is 1.73 bits per heavy atom. The van der Waals surface area contributed by atoms with Gasteiger partial charge in [-0.25, -0.2) is 0 Å². The minimum absolute atomic E-state index is 0.0665. The summed E-state index contributed by atoms with van der Waals surface area (Å²) in [6.07, 6.45) is 5.61. The quantitative estimate of drug-likeness (QED) is 0.604. The molecule has 2 heterocycles. The molecule has 0 saturated carbocycles. The fourth-order valence-corrected chi connectivity index (χ4v) is 4.51. The molecule has 4 rings (SSSR count). The van der Waals surface area contributed by atoms with Crippen LogP contribution in [0.4, 0.5) is 0 Å². The molecule has 2 amide bonds. The summed E-state index contributed by atoms with van der Waals surface area (Å²) in [4.78, 5) is 31.4. The Labute approximate surface area is 194 Å². The van der Waals surface area contributed by atoms with Gasteiger partial charge in [-0.2, -0.15) is 0 Å². The standard InChI is InChI=1S/C27H29N3O3/c1-33-24-9-7-20(8-10-24)17-25(31)30-14-11-27(12-15-30,26(28)32)18-21-4-2-5-22(16-21)23-6-3-13-29-19-23/h2-10,13,16,19H,11-12,14-15,17-18H2,1H3,(H2,28,32). The molecule has 33 heavy (non-hydrogen) atoms. The van der Waals surface area contributed by atoms with Crippen LogP contribution in [-0.2, 0) is 22.4 Å². The first-order chi connectivity index (χ1) is 16.0. The largest absolute Gasteiger partial charge is 0.497 e. The van der Waals surface area contributed by atoms with Crippen LogP contribution in [0, 0.1) is 5.41 Å². The van der Waals surface area contributed by atoms with E-state index in [1.807, 2.05) is 65.7 Å². The lowest BCUT2D eigenvalue weighted by Gasteiger charge is -2.40. The second-order valence-corrected chi connectivity index (χ2v) is 8.67. The van der Waals surface area contributed by atoms with E-state index in [1.165, 1.54) is 0 Å². The summed E-state index contributed by atoms with van der Waals surface area (Å²) in [6.45, 7) is 1.06. The Balaban J connectivity index is 1.42. The van der Waals surface area contributed by atoms with Crippen LogP contribution in [0.15, 0.2) is 73.1 Å². The van der Waals surface area contributed by atoms with Gasteiger partial charge in [0.1, 0.15) is 5.75 Å². The maximum atomic E-state index is 12.8. The summed E-state index contributed by atoms with van der Waals surface area (Å²) in [6, 6.07) is 19.6. The molecular formula is C27H29N3O3. The Bertz CT molecular complexity index is 1100. The number of carbonyl (C=O) groups is 2. The number of likely N-dealkylation sites (tertiary alicyclic amines) is 1. The molecule has 3 aromatic rings. The van der Waals surface area contributed by atoms with E-state index in [0.717, 1.165) is 28.0 Å². The number of hydrogen-bond donors (Lipinski definition) is 1. The number of ether oxygens (including phenoxy) is 1. The molecule has 0 aliphatic carbocycles. The molecule has 1 aromatic heterocycles. The average molecular weight is 444 g/mol. The number of aromatic nitrogens is 1. The van der Waals surface area contributed by atoms with Gasteiger partial charge in [0.25, 0.3) is 0 Å². The maximum Gasteiger partial charge on any atom is 0.226 e. The normalized spacial score (nSPS) is 15.1. The van der Waals surface area contributed by atoms with E-state index in [4.69, 9.17) is 10.5 Å². The minimum atomic E-state index is -0.648. The molecule has 6 nitrogen and oxygen atoms in total. The van der Waals surface area contributed by atoms with Crippen LogP contribution in [0.2, 0.25) is 0 Å². The number of nitrogens with two attached hydrogens (primary N) is 1. The van der Waals surface area contributed by atoms with Gasteiger partial charge in [-0.15, -0.1) is 0 Å². The molecule has 1 aliphatic rings. The van der Waals surface area contributed by atoms with Gasteiger partial charge in [-0.1, -0.05) is 42.5 Å². The summed E-state index contributed by atoms with van der Waals surface area (Å²) in [5.41, 5.74) is 9.36. The zero-order valence-electron chi connectivity index (χ0n) is 18.9. The third kappa shape index (κ3) is 5.22. The monoisotopic (exact) mass is 443 g/mol. The smallest absolute Gasteiger partial charge is 0.226 e. The van der Waals surface area contributed by atoms with Crippen LogP contribution in [0.5, 0.6) is 5.75 Å². The second kappa shape index (κ2) is 9.86. The predicted molar refractivity (Wildman–Crippen MR) is 128 cm³/mol. The fraction of sp³-hybridized carbons (Fsp3) is 0.296. The third-order valence-electron chi connectivity index (χ3n) is 6.57. The summed E-state index contributed by atoms with van der Waals surface area (Å²) in [5.74, 6) is 0.538. The van der Waals surface area contributed by atoms with Crippen molar-refractivity contribution in [1.29, 1.82) is 0 Å². The lowest BCUT2D eigenvalue weighted by atomic mass is 9.73. The Kier molecular flexibility index (Phi) is 6.73. The van der Waals surface area contributed by atoms with E-state index in [9.17, 15) is 9.59 Å². The molecule has 170 valence electrons. The Hall–Kier alpha value is -3.67. The van der Waals surface area contributed by atoms with Gasteiger partial charge in [-0.3, -0.25) is 14.6 Å². The topological polar surface area (TPSA) is 85.5 Å². The van der Waals surface area contributed by atoms with E-state index in [-0.39, 0.29) is 11.8 Å². The van der Waals surface area contributed by atoms with Crippen molar-refractivity contribution in [3.8, 4) is 16.9 Å². The highest BCUT2D eigenvalue weighted by molar-refractivity contribution is 5.83. The lowest BCUT2D eigenvalue weighted by Crippen LogP contribution is -2.50. The van der Waals surface area contributed by atoms with E-state index < -0.39 is 5.41 Å². The van der Waals surface area contributed by atoms with Crippen molar-refractivity contribution < 1.29 is 14.3 Å². The molecule has 2 N–H and O–H groups in total. The second-order valence-electron chi connectivity index (χ2n) is 8.67. The number of primary amides is 1. The lowest BCUT2D eigenvalue weighted by molar-refractivity contribution is -0.138. The van der Waals surface area contributed by atoms with Crippen molar-refractivity contribution in [2.45, 2.75) is 25.7 Å². The Morgan fingerprint density at radius 1 is 1.00 bits per heavy atom. The van der Waals surface area contributed by atoms with Gasteiger partial charge in [0.2, 0.25) is 11.8 Å². The fourth-order valence-electron chi connectivity index (χ4n) is 4.51. The van der Waals surface area contributed by atoms with E-state index >= 15 is 0 Å². The summed E-state index contributed by atoms with van der Waals surface area (Å²) in [7, 11) is 1.62. The third-order valence-corrected chi connectivity index (χ3v) is 6.57. The number of methoxy groups -OCH3 is 1. The number of nitrogens with zero attached hydrogens (tertiary/aromatic N) is 2. The number of benzene rings is 2. The molecule has 1 saturated heterocycles. The average Bonchev–Trinajstić information content (AvgIpc) is 2.85. The number of pyridine rings is 1. The molecule has 6 heteroatoms. The molecule has 0 spiro atoms. The number of carbonyl (C=O) groups excluding carboxylic acids is 2. The van der Waals surface area contributed by atoms with Crippen molar-refractivity contribution in [3.05, 3.63) is 84.2 Å². The molecule has 2 aromatic carbocycles. The SMILES string of the molecule is COc1ccc(CC(=O)N2CCC(Cc3cccc(-c4cccnc4)c3)(C(N)=O)CC2)cc1. The number of piperidine rings is 1. The van der Waals surface area contributed by atoms with Crippen molar-refractivity contribution in [2.75, 3.05) is 20.2 Å². The van der Waals surface area contributed by atoms with Gasteiger partial charge in [0.05, 0.1) is 18.9 Å². The van der Waals surface area contributed by atoms with Crippen molar-refractivity contribution in [1.82, 2.24) is 9.88 Å². The summed E-state index contributed by atoms with van der Waals surface area (Å²) < 4.78 is 5.17. The molecule has 1 fully saturated rings. The molecule has 0 atom stereocenters. The van der Waals surface area contributed by atoms with E-state index in [2.05, 4.69) is 11.1 Å². The van der Waals surface area contributed by atoms with Crippen LogP contribution in [0.25, 0.3) is 11.1 Å². The molecule has 1 aliphatic heterocycles. The maximum absolute atomic E-state index is 12.8. The highest BCUT2D eigenvalue weighted by Gasteiger charge is 2.40. The highest BCUT2D eigenvalue weighted by atomic mass is 16.5. The number of hydrogen-bond acceptors (Lipinski definition) is 4. The molecule has 0 unspecified atom stereocenters. The highest BCUT2D eigenvalue weighted by Crippen LogP contribution is 2.36. The van der Waals surface area contributed by atoms with Gasteiger partial charge < -0.3 is 15.4 Å². The van der Waals surface area contributed by atoms with Crippen LogP contribution >= 0.6 is 0 Å². The first-order valence-corrected chi connectivity index (χ1v) is 11.2. The first-order valence-electron chi connectivity index (χ1n) is 11.2. The van der Waals surface area contributed by atoms with Crippen molar-refractivity contribution >= 4 is 11.8 Å². The van der Waals surface area contributed by atoms with E-state index in [0.29, 0.717) is 38.8 Å². The van der Waals surface area contributed by atoms with Crippen LogP contribution < -0.4 is 10.5 Å². The van der Waals surface area contributed by atoms with Crippen LogP contribution in [0.3, 0.4) is 0 Å². The van der Waals surface area contributed by atoms with Gasteiger partial charge in [0, 0.05) is 25.5 Å². The number of amides is 2. The van der Waals surface area contributed by atoms with Crippen molar-refractivity contribution in [2.24, 2.45) is 11.1 Å². The summed E-state index contributed by atoms with van der Waals surface area (Å²) in [5, 5.41) is 0. The minimum Gasteiger partial charge on any atom is -0.497 e.